The van der Waals surface area contributed by atoms with Gasteiger partial charge >= 0.3 is 5.97 Å². The van der Waals surface area contributed by atoms with Gasteiger partial charge in [0, 0.05) is 47.7 Å². The Kier molecular flexibility index (Phi) is 5.03. The molecule has 34 heavy (non-hydrogen) atoms. The highest BCUT2D eigenvalue weighted by Crippen LogP contribution is 2.44. The predicted molar refractivity (Wildman–Crippen MR) is 130 cm³/mol. The number of rotatable bonds is 4. The highest BCUT2D eigenvalue weighted by molar-refractivity contribution is 6.04. The van der Waals surface area contributed by atoms with Gasteiger partial charge in [-0.1, -0.05) is 12.1 Å². The molecule has 6 rings (SSSR count). The molecule has 0 radical (unpaired) electrons. The molecule has 2 aliphatic heterocycles. The van der Waals surface area contributed by atoms with Crippen molar-refractivity contribution in [3.63, 3.8) is 0 Å². The van der Waals surface area contributed by atoms with E-state index in [9.17, 15) is 14.3 Å². The van der Waals surface area contributed by atoms with Crippen molar-refractivity contribution in [1.82, 2.24) is 4.57 Å². The smallest absolute Gasteiger partial charge is 0.335 e. The van der Waals surface area contributed by atoms with Crippen LogP contribution in [0.1, 0.15) is 45.9 Å². The summed E-state index contributed by atoms with van der Waals surface area (Å²) in [4.78, 5) is 16.2. The molecule has 2 aliphatic rings. The van der Waals surface area contributed by atoms with Gasteiger partial charge in [-0.25, -0.2) is 9.18 Å². The molecule has 0 saturated carbocycles. The normalized spacial score (nSPS) is 15.7. The highest BCUT2D eigenvalue weighted by atomic mass is 19.1. The van der Waals surface area contributed by atoms with Crippen molar-refractivity contribution in [3.8, 4) is 16.8 Å². The number of aromatic carboxylic acids is 1. The number of halogens is 1. The SMILES string of the molecule is O=C(O)c1cccc(-c2c(C3CCOCC3)n(-c3ccc(F)cc3)c3cc4c(cc23)CN=C4)c1. The average molecular weight is 455 g/mol. The van der Waals surface area contributed by atoms with Crippen LogP contribution in [0, 0.1) is 5.82 Å². The fourth-order valence-corrected chi connectivity index (χ4v) is 5.25. The summed E-state index contributed by atoms with van der Waals surface area (Å²) in [5.74, 6) is -1.01. The van der Waals surface area contributed by atoms with E-state index in [1.807, 2.05) is 12.3 Å². The zero-order valence-electron chi connectivity index (χ0n) is 18.5. The predicted octanol–water partition coefficient (Wildman–Crippen LogP) is 5.96. The van der Waals surface area contributed by atoms with Crippen LogP contribution in [-0.2, 0) is 11.3 Å². The van der Waals surface area contributed by atoms with Gasteiger partial charge < -0.3 is 14.4 Å². The summed E-state index contributed by atoms with van der Waals surface area (Å²) in [7, 11) is 0. The summed E-state index contributed by atoms with van der Waals surface area (Å²) in [5, 5.41) is 10.7. The molecule has 4 aromatic rings. The topological polar surface area (TPSA) is 63.8 Å². The van der Waals surface area contributed by atoms with Gasteiger partial charge in [0.25, 0.3) is 0 Å². The van der Waals surface area contributed by atoms with E-state index in [1.54, 1.807) is 30.3 Å². The van der Waals surface area contributed by atoms with Crippen molar-refractivity contribution in [3.05, 3.63) is 88.9 Å². The van der Waals surface area contributed by atoms with Gasteiger partial charge in [-0.05, 0) is 78.1 Å². The number of fused-ring (bicyclic) bond motifs is 2. The van der Waals surface area contributed by atoms with Gasteiger partial charge in [-0.15, -0.1) is 0 Å². The molecule has 1 fully saturated rings. The lowest BCUT2D eigenvalue weighted by atomic mass is 9.89. The van der Waals surface area contributed by atoms with Gasteiger partial charge in [0.05, 0.1) is 17.6 Å². The first-order chi connectivity index (χ1) is 16.6. The van der Waals surface area contributed by atoms with Crippen molar-refractivity contribution in [2.75, 3.05) is 13.2 Å². The largest absolute Gasteiger partial charge is 0.478 e. The lowest BCUT2D eigenvalue weighted by Gasteiger charge is -2.26. The van der Waals surface area contributed by atoms with Gasteiger partial charge in [-0.3, -0.25) is 4.99 Å². The van der Waals surface area contributed by atoms with E-state index >= 15 is 0 Å². The van der Waals surface area contributed by atoms with Crippen molar-refractivity contribution in [1.29, 1.82) is 0 Å². The quantitative estimate of drug-likeness (QED) is 0.414. The molecular formula is C28H23FN2O3. The Morgan fingerprint density at radius 2 is 1.85 bits per heavy atom. The average Bonchev–Trinajstić information content (AvgIpc) is 3.45. The first-order valence-electron chi connectivity index (χ1n) is 11.5. The summed E-state index contributed by atoms with van der Waals surface area (Å²) in [5.41, 5.74) is 7.39. The van der Waals surface area contributed by atoms with E-state index in [0.29, 0.717) is 19.8 Å². The Balaban J connectivity index is 1.72. The third kappa shape index (κ3) is 3.42. The van der Waals surface area contributed by atoms with Crippen molar-refractivity contribution in [2.24, 2.45) is 4.99 Å². The zero-order chi connectivity index (χ0) is 23.2. The third-order valence-corrected chi connectivity index (χ3v) is 6.85. The van der Waals surface area contributed by atoms with Crippen molar-refractivity contribution >= 4 is 23.1 Å². The Bertz CT molecular complexity index is 1450. The number of nitrogens with zero attached hydrogens (tertiary/aromatic N) is 2. The number of hydrogen-bond donors (Lipinski definition) is 1. The van der Waals surface area contributed by atoms with Crippen molar-refractivity contribution in [2.45, 2.75) is 25.3 Å². The monoisotopic (exact) mass is 454 g/mol. The van der Waals surface area contributed by atoms with E-state index in [2.05, 4.69) is 21.7 Å². The minimum Gasteiger partial charge on any atom is -0.478 e. The number of benzene rings is 3. The standard InChI is InChI=1S/C28H23FN2O3/c29-22-4-6-23(7-5-22)31-25-14-21-16-30-15-20(21)13-24(25)26(27(31)17-8-10-34-11-9-17)18-2-1-3-19(12-18)28(32)33/h1-7,12-14,16-17H,8-11,15H2,(H,32,33). The molecule has 1 saturated heterocycles. The molecule has 6 heteroatoms. The first kappa shape index (κ1) is 20.8. The summed E-state index contributed by atoms with van der Waals surface area (Å²) < 4.78 is 21.7. The molecule has 0 atom stereocenters. The number of carboxylic acid groups (broad SMARTS) is 1. The zero-order valence-corrected chi connectivity index (χ0v) is 18.5. The van der Waals surface area contributed by atoms with Crippen LogP contribution in [0.15, 0.2) is 65.7 Å². The van der Waals surface area contributed by atoms with Crippen LogP contribution in [0.2, 0.25) is 0 Å². The molecule has 0 bridgehead atoms. The van der Waals surface area contributed by atoms with Crippen LogP contribution < -0.4 is 0 Å². The number of carbonyl (C=O) groups is 1. The second kappa shape index (κ2) is 8.22. The molecule has 170 valence electrons. The van der Waals surface area contributed by atoms with Crippen LogP contribution in [0.25, 0.3) is 27.7 Å². The van der Waals surface area contributed by atoms with Crippen molar-refractivity contribution < 1.29 is 19.0 Å². The summed E-state index contributed by atoms with van der Waals surface area (Å²) >= 11 is 0. The number of carboxylic acids is 1. The second-order valence-electron chi connectivity index (χ2n) is 8.88. The van der Waals surface area contributed by atoms with E-state index < -0.39 is 5.97 Å². The molecule has 5 nitrogen and oxygen atoms in total. The van der Waals surface area contributed by atoms with Crippen LogP contribution >= 0.6 is 0 Å². The Morgan fingerprint density at radius 3 is 2.62 bits per heavy atom. The minimum atomic E-state index is -0.953. The Morgan fingerprint density at radius 1 is 1.06 bits per heavy atom. The van der Waals surface area contributed by atoms with E-state index in [1.165, 1.54) is 12.1 Å². The van der Waals surface area contributed by atoms with E-state index in [-0.39, 0.29) is 17.3 Å². The van der Waals surface area contributed by atoms with Gasteiger partial charge in [0.15, 0.2) is 0 Å². The molecule has 0 spiro atoms. The van der Waals surface area contributed by atoms with Crippen LogP contribution in [-0.4, -0.2) is 35.1 Å². The lowest BCUT2D eigenvalue weighted by Crippen LogP contribution is -2.17. The van der Waals surface area contributed by atoms with E-state index in [4.69, 9.17) is 4.74 Å². The van der Waals surface area contributed by atoms with E-state index in [0.717, 1.165) is 57.4 Å². The number of aliphatic imine (C=N–C) groups is 1. The molecular weight excluding hydrogens is 431 g/mol. The maximum atomic E-state index is 13.8. The Labute approximate surface area is 196 Å². The number of hydrogen-bond acceptors (Lipinski definition) is 3. The Hall–Kier alpha value is -3.77. The highest BCUT2D eigenvalue weighted by Gasteiger charge is 2.29. The fraction of sp³-hybridized carbons (Fsp3) is 0.214. The molecule has 1 N–H and O–H groups in total. The van der Waals surface area contributed by atoms with Crippen LogP contribution in [0.4, 0.5) is 4.39 Å². The molecule has 0 unspecified atom stereocenters. The molecule has 0 amide bonds. The second-order valence-corrected chi connectivity index (χ2v) is 8.88. The molecule has 0 aliphatic carbocycles. The van der Waals surface area contributed by atoms with Crippen LogP contribution in [0.3, 0.4) is 0 Å². The van der Waals surface area contributed by atoms with Gasteiger partial charge in [0.1, 0.15) is 5.82 Å². The fourth-order valence-electron chi connectivity index (χ4n) is 5.25. The van der Waals surface area contributed by atoms with Gasteiger partial charge in [-0.2, -0.15) is 0 Å². The van der Waals surface area contributed by atoms with Crippen LogP contribution in [0.5, 0.6) is 0 Å². The lowest BCUT2D eigenvalue weighted by molar-refractivity contribution is 0.0697. The maximum absolute atomic E-state index is 13.8. The maximum Gasteiger partial charge on any atom is 0.335 e. The summed E-state index contributed by atoms with van der Waals surface area (Å²) in [6.07, 6.45) is 3.63. The molecule has 3 heterocycles. The molecule has 1 aromatic heterocycles. The number of ether oxygens (including phenoxy) is 1. The summed E-state index contributed by atoms with van der Waals surface area (Å²) in [6, 6.07) is 18.0. The molecule has 3 aromatic carbocycles. The third-order valence-electron chi connectivity index (χ3n) is 6.85. The minimum absolute atomic E-state index is 0.221. The number of aromatic nitrogens is 1. The summed E-state index contributed by atoms with van der Waals surface area (Å²) in [6.45, 7) is 1.98. The van der Waals surface area contributed by atoms with Gasteiger partial charge in [0.2, 0.25) is 0 Å². The first-order valence-corrected chi connectivity index (χ1v) is 11.5.